The summed E-state index contributed by atoms with van der Waals surface area (Å²) >= 11 is 0. The molecule has 1 N–H and O–H groups in total. The molecule has 0 spiro atoms. The van der Waals surface area contributed by atoms with Crippen molar-refractivity contribution in [1.29, 1.82) is 0 Å². The van der Waals surface area contributed by atoms with Crippen LogP contribution in [-0.4, -0.2) is 49.2 Å². The lowest BCUT2D eigenvalue weighted by molar-refractivity contribution is -0.133. The van der Waals surface area contributed by atoms with Crippen molar-refractivity contribution in [2.75, 3.05) is 18.0 Å². The van der Waals surface area contributed by atoms with E-state index in [2.05, 4.69) is 5.32 Å². The van der Waals surface area contributed by atoms with Crippen molar-refractivity contribution in [1.82, 2.24) is 9.62 Å². The number of sulfonamides is 1. The number of anilines is 1. The molecular formula is C24H28FN3O4S. The molecule has 176 valence electrons. The van der Waals surface area contributed by atoms with Crippen LogP contribution in [0, 0.1) is 12.7 Å². The second kappa shape index (κ2) is 8.87. The number of hydrogen-bond acceptors (Lipinski definition) is 4. The van der Waals surface area contributed by atoms with Crippen LogP contribution in [0.3, 0.4) is 0 Å². The van der Waals surface area contributed by atoms with Gasteiger partial charge < -0.3 is 5.32 Å². The van der Waals surface area contributed by atoms with E-state index in [1.165, 1.54) is 35.2 Å². The molecule has 0 radical (unpaired) electrons. The van der Waals surface area contributed by atoms with Crippen molar-refractivity contribution in [2.45, 2.75) is 56.0 Å². The fourth-order valence-corrected chi connectivity index (χ4v) is 6.23. The highest BCUT2D eigenvalue weighted by molar-refractivity contribution is 7.89. The molecule has 2 fully saturated rings. The molecule has 2 aromatic rings. The molecule has 4 rings (SSSR count). The molecule has 9 heteroatoms. The van der Waals surface area contributed by atoms with E-state index in [4.69, 9.17) is 0 Å². The van der Waals surface area contributed by atoms with Crippen molar-refractivity contribution < 1.29 is 22.4 Å². The summed E-state index contributed by atoms with van der Waals surface area (Å²) in [6, 6.07) is 11.8. The van der Waals surface area contributed by atoms with Gasteiger partial charge in [-0.1, -0.05) is 31.0 Å². The lowest BCUT2D eigenvalue weighted by Gasteiger charge is -2.47. The molecule has 2 aliphatic rings. The minimum Gasteiger partial charge on any atom is -0.351 e. The SMILES string of the molecule is Cc1cc(F)ccc1N1C(=O)CN(S(=O)(=O)c2ccccc2)C[C@@]1(C)C(=O)NC1CCCC1. The van der Waals surface area contributed by atoms with E-state index >= 15 is 0 Å². The lowest BCUT2D eigenvalue weighted by Crippen LogP contribution is -2.70. The van der Waals surface area contributed by atoms with E-state index in [0.717, 1.165) is 30.0 Å². The van der Waals surface area contributed by atoms with Gasteiger partial charge in [0.1, 0.15) is 11.4 Å². The molecule has 0 aromatic heterocycles. The van der Waals surface area contributed by atoms with Crippen LogP contribution >= 0.6 is 0 Å². The summed E-state index contributed by atoms with van der Waals surface area (Å²) in [5.41, 5.74) is -0.632. The van der Waals surface area contributed by atoms with Gasteiger partial charge in [0, 0.05) is 18.3 Å². The number of piperazine rings is 1. The predicted molar refractivity (Wildman–Crippen MR) is 123 cm³/mol. The van der Waals surface area contributed by atoms with E-state index in [0.29, 0.717) is 11.3 Å². The molecule has 2 amide bonds. The maximum Gasteiger partial charge on any atom is 0.247 e. The van der Waals surface area contributed by atoms with Crippen LogP contribution in [0.15, 0.2) is 53.4 Å². The van der Waals surface area contributed by atoms with Gasteiger partial charge in [-0.3, -0.25) is 14.5 Å². The topological polar surface area (TPSA) is 86.8 Å². The number of halogens is 1. The molecule has 2 aromatic carbocycles. The minimum atomic E-state index is -4.00. The summed E-state index contributed by atoms with van der Waals surface area (Å²) in [5, 5.41) is 3.02. The Labute approximate surface area is 193 Å². The van der Waals surface area contributed by atoms with Crippen LogP contribution in [0.5, 0.6) is 0 Å². The lowest BCUT2D eigenvalue weighted by atomic mass is 9.93. The zero-order valence-electron chi connectivity index (χ0n) is 18.8. The Bertz CT molecular complexity index is 1170. The fraction of sp³-hybridized carbons (Fsp3) is 0.417. The van der Waals surface area contributed by atoms with Gasteiger partial charge in [-0.15, -0.1) is 0 Å². The van der Waals surface area contributed by atoms with Crippen molar-refractivity contribution in [3.8, 4) is 0 Å². The molecule has 33 heavy (non-hydrogen) atoms. The van der Waals surface area contributed by atoms with Crippen LogP contribution in [0.1, 0.15) is 38.2 Å². The normalized spacial score (nSPS) is 22.5. The number of aryl methyl sites for hydroxylation is 1. The summed E-state index contributed by atoms with van der Waals surface area (Å²) < 4.78 is 41.5. The number of carbonyl (C=O) groups is 2. The number of benzene rings is 2. The van der Waals surface area contributed by atoms with Gasteiger partial charge in [0.05, 0.1) is 11.4 Å². The van der Waals surface area contributed by atoms with Crippen LogP contribution in [-0.2, 0) is 19.6 Å². The summed E-state index contributed by atoms with van der Waals surface area (Å²) in [4.78, 5) is 28.4. The van der Waals surface area contributed by atoms with Gasteiger partial charge >= 0.3 is 0 Å². The average molecular weight is 474 g/mol. The second-order valence-corrected chi connectivity index (χ2v) is 10.9. The Morgan fingerprint density at radius 2 is 1.79 bits per heavy atom. The Morgan fingerprint density at radius 3 is 2.42 bits per heavy atom. The van der Waals surface area contributed by atoms with Crippen LogP contribution in [0.2, 0.25) is 0 Å². The van der Waals surface area contributed by atoms with Crippen molar-refractivity contribution in [3.63, 3.8) is 0 Å². The smallest absolute Gasteiger partial charge is 0.247 e. The van der Waals surface area contributed by atoms with E-state index < -0.39 is 39.7 Å². The first kappa shape index (κ1) is 23.4. The highest BCUT2D eigenvalue weighted by atomic mass is 32.2. The molecule has 1 saturated carbocycles. The average Bonchev–Trinajstić information content (AvgIpc) is 3.28. The van der Waals surface area contributed by atoms with Crippen LogP contribution in [0.4, 0.5) is 10.1 Å². The number of rotatable bonds is 5. The highest BCUT2D eigenvalue weighted by Crippen LogP contribution is 2.34. The number of hydrogen-bond donors (Lipinski definition) is 1. The van der Waals surface area contributed by atoms with E-state index in [-0.39, 0.29) is 17.5 Å². The first-order chi connectivity index (χ1) is 15.6. The van der Waals surface area contributed by atoms with E-state index in [1.807, 2.05) is 0 Å². The van der Waals surface area contributed by atoms with E-state index in [9.17, 15) is 22.4 Å². The third kappa shape index (κ3) is 4.39. The van der Waals surface area contributed by atoms with E-state index in [1.54, 1.807) is 32.0 Å². The summed E-state index contributed by atoms with van der Waals surface area (Å²) in [6.45, 7) is 2.60. The number of nitrogens with zero attached hydrogens (tertiary/aromatic N) is 2. The Balaban J connectivity index is 1.76. The Kier molecular flexibility index (Phi) is 6.28. The zero-order chi connectivity index (χ0) is 23.8. The second-order valence-electron chi connectivity index (χ2n) is 8.97. The predicted octanol–water partition coefficient (Wildman–Crippen LogP) is 2.99. The quantitative estimate of drug-likeness (QED) is 0.723. The molecule has 7 nitrogen and oxygen atoms in total. The van der Waals surface area contributed by atoms with Gasteiger partial charge in [0.2, 0.25) is 21.8 Å². The largest absolute Gasteiger partial charge is 0.351 e. The molecule has 0 unspecified atom stereocenters. The molecule has 1 heterocycles. The van der Waals surface area contributed by atoms with Crippen LogP contribution < -0.4 is 10.2 Å². The molecule has 1 aliphatic carbocycles. The van der Waals surface area contributed by atoms with Gasteiger partial charge in [-0.05, 0) is 62.6 Å². The standard InChI is InChI=1S/C24H28FN3O4S/c1-17-14-18(25)12-13-21(17)28-22(29)15-27(33(31,32)20-10-4-3-5-11-20)16-24(28,2)23(30)26-19-8-6-7-9-19/h3-5,10-14,19H,6-9,15-16H2,1-2H3,(H,26,30)/t24-/m0/s1. The molecule has 1 saturated heterocycles. The first-order valence-corrected chi connectivity index (χ1v) is 12.5. The van der Waals surface area contributed by atoms with Gasteiger partial charge in [0.15, 0.2) is 0 Å². The number of nitrogens with one attached hydrogen (secondary N) is 1. The van der Waals surface area contributed by atoms with Crippen LogP contribution in [0.25, 0.3) is 0 Å². The third-order valence-corrected chi connectivity index (χ3v) is 8.30. The van der Waals surface area contributed by atoms with Gasteiger partial charge in [-0.2, -0.15) is 4.31 Å². The fourth-order valence-electron chi connectivity index (χ4n) is 4.73. The van der Waals surface area contributed by atoms with Crippen molar-refractivity contribution in [3.05, 3.63) is 59.9 Å². The Morgan fingerprint density at radius 1 is 1.12 bits per heavy atom. The summed E-state index contributed by atoms with van der Waals surface area (Å²) in [6.07, 6.45) is 3.71. The minimum absolute atomic E-state index is 0.0123. The zero-order valence-corrected chi connectivity index (χ0v) is 19.6. The Hall–Kier alpha value is -2.78. The molecular weight excluding hydrogens is 445 g/mol. The maximum atomic E-state index is 13.8. The maximum absolute atomic E-state index is 13.8. The molecule has 0 bridgehead atoms. The number of amides is 2. The monoisotopic (exact) mass is 473 g/mol. The summed E-state index contributed by atoms with van der Waals surface area (Å²) in [5.74, 6) is -1.41. The van der Waals surface area contributed by atoms with Gasteiger partial charge in [-0.25, -0.2) is 12.8 Å². The molecule has 1 atom stereocenters. The van der Waals surface area contributed by atoms with Gasteiger partial charge in [0.25, 0.3) is 0 Å². The third-order valence-electron chi connectivity index (χ3n) is 6.50. The van der Waals surface area contributed by atoms with Crippen molar-refractivity contribution >= 4 is 27.5 Å². The van der Waals surface area contributed by atoms with Crippen molar-refractivity contribution in [2.24, 2.45) is 0 Å². The highest BCUT2D eigenvalue weighted by Gasteiger charge is 2.51. The summed E-state index contributed by atoms with van der Waals surface area (Å²) in [7, 11) is -4.00. The number of carbonyl (C=O) groups excluding carboxylic acids is 2. The molecule has 1 aliphatic heterocycles. The first-order valence-electron chi connectivity index (χ1n) is 11.1.